The summed E-state index contributed by atoms with van der Waals surface area (Å²) in [5.74, 6) is -5.87. The monoisotopic (exact) mass is 646 g/mol. The van der Waals surface area contributed by atoms with Gasteiger partial charge in [0.1, 0.15) is 18.3 Å². The van der Waals surface area contributed by atoms with Crippen molar-refractivity contribution >= 4 is 52.4 Å². The van der Waals surface area contributed by atoms with Crippen molar-refractivity contribution in [3.05, 3.63) is 73.7 Å². The Morgan fingerprint density at radius 1 is 0.950 bits per heavy atom. The van der Waals surface area contributed by atoms with Crippen molar-refractivity contribution in [2.75, 3.05) is 20.1 Å². The molecule has 1 N–H and O–H groups in total. The first-order chi connectivity index (χ1) is 18.1. The maximum absolute atomic E-state index is 14.9. The molecule has 220 valence electrons. The fraction of sp³-hybridized carbons (Fsp3) is 0.304. The van der Waals surface area contributed by atoms with Gasteiger partial charge in [0.25, 0.3) is 0 Å². The zero-order valence-electron chi connectivity index (χ0n) is 19.6. The third kappa shape index (κ3) is 8.90. The summed E-state index contributed by atoms with van der Waals surface area (Å²) < 4.78 is 134. The summed E-state index contributed by atoms with van der Waals surface area (Å²) in [6, 6.07) is 1.22. The third-order valence-corrected chi connectivity index (χ3v) is 6.30. The van der Waals surface area contributed by atoms with Crippen LogP contribution in [0.5, 0.6) is 0 Å². The van der Waals surface area contributed by atoms with Crippen molar-refractivity contribution in [2.24, 2.45) is 0 Å². The molecule has 2 amide bonds. The number of Topliss-reactive ketones (excluding diaryl/α,β-unsaturated/α-hetero) is 1. The van der Waals surface area contributed by atoms with Crippen molar-refractivity contribution in [1.82, 2.24) is 10.2 Å². The van der Waals surface area contributed by atoms with Gasteiger partial charge in [-0.3, -0.25) is 4.79 Å². The fourth-order valence-corrected chi connectivity index (χ4v) is 3.84. The van der Waals surface area contributed by atoms with Gasteiger partial charge in [-0.15, -0.1) is 0 Å². The van der Waals surface area contributed by atoms with E-state index in [1.54, 1.807) is 0 Å². The average molecular weight is 648 g/mol. The number of ketones is 1. The van der Waals surface area contributed by atoms with Gasteiger partial charge in [-0.05, 0) is 29.8 Å². The Kier molecular flexibility index (Phi) is 10.4. The van der Waals surface area contributed by atoms with Crippen molar-refractivity contribution < 1.29 is 53.5 Å². The molecule has 4 nitrogen and oxygen atoms in total. The van der Waals surface area contributed by atoms with Crippen LogP contribution in [-0.4, -0.2) is 49.2 Å². The first-order valence-electron chi connectivity index (χ1n) is 10.5. The van der Waals surface area contributed by atoms with Gasteiger partial charge in [0.2, 0.25) is 0 Å². The lowest BCUT2D eigenvalue weighted by molar-refractivity contribution is -0.140. The number of rotatable bonds is 7. The number of benzene rings is 2. The van der Waals surface area contributed by atoms with Crippen LogP contribution in [-0.2, 0) is 6.18 Å². The lowest BCUT2D eigenvalue weighted by Gasteiger charge is -2.20. The van der Waals surface area contributed by atoms with Crippen LogP contribution in [0.4, 0.5) is 48.7 Å². The highest BCUT2D eigenvalue weighted by atomic mass is 35.5. The number of allylic oxidation sites excluding steroid dienone is 1. The molecule has 2 rings (SSSR count). The summed E-state index contributed by atoms with van der Waals surface area (Å²) in [5, 5.41) is 0.342. The second-order valence-electron chi connectivity index (χ2n) is 8.14. The number of nitrogens with one attached hydrogen (secondary N) is 1. The topological polar surface area (TPSA) is 49.4 Å². The zero-order valence-corrected chi connectivity index (χ0v) is 21.9. The van der Waals surface area contributed by atoms with Crippen LogP contribution in [0.2, 0.25) is 15.1 Å². The highest BCUT2D eigenvalue weighted by Gasteiger charge is 2.41. The van der Waals surface area contributed by atoms with Gasteiger partial charge in [-0.25, -0.2) is 9.18 Å². The molecule has 0 radical (unpaired) electrons. The Labute approximate surface area is 234 Å². The number of carbonyl (C=O) groups excluding carboxylic acids is 2. The predicted molar refractivity (Wildman–Crippen MR) is 127 cm³/mol. The number of likely N-dealkylation sites (N-methyl/N-ethyl adjacent to an activating group) is 1. The first kappa shape index (κ1) is 33.5. The average Bonchev–Trinajstić information content (AvgIpc) is 2.81. The molecule has 0 aliphatic carbocycles. The Morgan fingerprint density at radius 2 is 1.50 bits per heavy atom. The summed E-state index contributed by atoms with van der Waals surface area (Å²) in [6.07, 6.45) is -15.3. The maximum atomic E-state index is 14.9. The van der Waals surface area contributed by atoms with Crippen molar-refractivity contribution in [3.63, 3.8) is 0 Å². The van der Waals surface area contributed by atoms with Crippen LogP contribution in [0, 0.1) is 0 Å². The molecule has 0 bridgehead atoms. The summed E-state index contributed by atoms with van der Waals surface area (Å²) in [6.45, 7) is -2.88. The van der Waals surface area contributed by atoms with E-state index in [9.17, 15) is 53.5 Å². The molecule has 2 aromatic carbocycles. The summed E-state index contributed by atoms with van der Waals surface area (Å²) in [5.41, 5.74) is -4.52. The van der Waals surface area contributed by atoms with Crippen LogP contribution in [0.15, 0.2) is 36.4 Å². The molecule has 2 aromatic rings. The minimum atomic E-state index is -5.32. The van der Waals surface area contributed by atoms with Crippen LogP contribution in [0.3, 0.4) is 0 Å². The maximum Gasteiger partial charge on any atom is 0.417 e. The Bertz CT molecular complexity index is 1280. The van der Waals surface area contributed by atoms with E-state index < -0.39 is 87.5 Å². The number of hydrogen-bond donors (Lipinski definition) is 1. The number of amides is 2. The summed E-state index contributed by atoms with van der Waals surface area (Å²) >= 11 is 17.2. The van der Waals surface area contributed by atoms with Gasteiger partial charge in [0.15, 0.2) is 5.78 Å². The minimum Gasteiger partial charge on any atom is -0.329 e. The third-order valence-electron chi connectivity index (χ3n) is 5.10. The van der Waals surface area contributed by atoms with Crippen LogP contribution < -0.4 is 5.32 Å². The molecule has 0 saturated carbocycles. The highest BCUT2D eigenvalue weighted by molar-refractivity contribution is 6.48. The summed E-state index contributed by atoms with van der Waals surface area (Å²) in [7, 11) is 0.834. The smallest absolute Gasteiger partial charge is 0.329 e. The standard InChI is InChI=1S/C23H15Cl3F10N2O2/c1-38(20(40)37-9-21(28,29)30)8-18(39)12-3-2-10(4-14(12)23(34,35)36)17(27)7-13(22(31,32)33)11-5-15(24)19(26)16(25)6-11/h2-7,13H,8-9H2,1H3,(H,37,40)/b17-7-. The number of alkyl halides is 9. The number of hydrogen-bond acceptors (Lipinski definition) is 2. The quantitative estimate of drug-likeness (QED) is 0.186. The van der Waals surface area contributed by atoms with Crippen LogP contribution in [0.25, 0.3) is 5.83 Å². The number of nitrogens with zero attached hydrogens (tertiary/aromatic N) is 1. The molecule has 0 heterocycles. The number of halogens is 13. The van der Waals surface area contributed by atoms with E-state index in [0.29, 0.717) is 17.0 Å². The molecule has 17 heteroatoms. The van der Waals surface area contributed by atoms with Crippen LogP contribution >= 0.6 is 34.8 Å². The van der Waals surface area contributed by atoms with Crippen LogP contribution in [0.1, 0.15) is 33.0 Å². The Balaban J connectivity index is 2.45. The molecule has 0 aliphatic rings. The van der Waals surface area contributed by atoms with E-state index in [4.69, 9.17) is 34.8 Å². The first-order valence-corrected chi connectivity index (χ1v) is 11.6. The number of urea groups is 1. The van der Waals surface area contributed by atoms with Gasteiger partial charge in [0.05, 0.1) is 27.2 Å². The molecule has 0 fully saturated rings. The Hall–Kier alpha value is -2.71. The molecule has 1 atom stereocenters. The molecular formula is C23H15Cl3F10N2O2. The SMILES string of the molecule is CN(CC(=O)c1ccc(/C(F)=C/C(c2cc(Cl)c(Cl)c(Cl)c2)C(F)(F)F)cc1C(F)(F)F)C(=O)NCC(F)(F)F. The molecule has 0 aliphatic heterocycles. The van der Waals surface area contributed by atoms with E-state index >= 15 is 0 Å². The minimum absolute atomic E-state index is 0.0222. The fourth-order valence-electron chi connectivity index (χ4n) is 3.23. The van der Waals surface area contributed by atoms with E-state index in [2.05, 4.69) is 0 Å². The second-order valence-corrected chi connectivity index (χ2v) is 9.34. The lowest BCUT2D eigenvalue weighted by atomic mass is 9.95. The van der Waals surface area contributed by atoms with Crippen molar-refractivity contribution in [2.45, 2.75) is 24.4 Å². The van der Waals surface area contributed by atoms with Gasteiger partial charge in [-0.2, -0.15) is 39.5 Å². The Morgan fingerprint density at radius 3 is 1.98 bits per heavy atom. The molecule has 0 aromatic heterocycles. The van der Waals surface area contributed by atoms with E-state index in [-0.39, 0.29) is 17.2 Å². The number of carbonyl (C=O) groups is 2. The summed E-state index contributed by atoms with van der Waals surface area (Å²) in [4.78, 5) is 24.5. The van der Waals surface area contributed by atoms with E-state index in [0.717, 1.165) is 19.2 Å². The van der Waals surface area contributed by atoms with Crippen molar-refractivity contribution in [1.29, 1.82) is 0 Å². The van der Waals surface area contributed by atoms with Crippen molar-refractivity contribution in [3.8, 4) is 0 Å². The van der Waals surface area contributed by atoms with Gasteiger partial charge in [-0.1, -0.05) is 46.9 Å². The largest absolute Gasteiger partial charge is 0.417 e. The van der Waals surface area contributed by atoms with Gasteiger partial charge >= 0.3 is 24.6 Å². The van der Waals surface area contributed by atoms with Gasteiger partial charge in [0, 0.05) is 18.2 Å². The molecule has 0 saturated heterocycles. The zero-order chi connectivity index (χ0) is 30.8. The predicted octanol–water partition coefficient (Wildman–Crippen LogP) is 8.71. The molecule has 0 spiro atoms. The molecule has 1 unspecified atom stereocenters. The van der Waals surface area contributed by atoms with Gasteiger partial charge < -0.3 is 10.2 Å². The molecule has 40 heavy (non-hydrogen) atoms. The normalized spacial score (nSPS) is 13.7. The lowest BCUT2D eigenvalue weighted by Crippen LogP contribution is -2.43. The second kappa shape index (κ2) is 12.4. The van der Waals surface area contributed by atoms with E-state index in [1.807, 2.05) is 0 Å². The molecular weight excluding hydrogens is 633 g/mol. The van der Waals surface area contributed by atoms with E-state index in [1.165, 1.54) is 5.32 Å². The highest BCUT2D eigenvalue weighted by Crippen LogP contribution is 2.43.